The molecule has 1 saturated carbocycles. The summed E-state index contributed by atoms with van der Waals surface area (Å²) in [5.74, 6) is 1.63. The zero-order valence-electron chi connectivity index (χ0n) is 9.53. The van der Waals surface area contributed by atoms with E-state index in [2.05, 4.69) is 28.4 Å². The predicted molar refractivity (Wildman–Crippen MR) is 66.9 cm³/mol. The molecular formula is C12H15N3S. The summed E-state index contributed by atoms with van der Waals surface area (Å²) < 4.78 is 2.95. The lowest BCUT2D eigenvalue weighted by molar-refractivity contribution is 0.597. The number of pyridine rings is 1. The molecule has 2 aromatic heterocycles. The number of aromatic amines is 1. The number of fused-ring (bicyclic) bond motifs is 1. The van der Waals surface area contributed by atoms with Crippen molar-refractivity contribution in [2.24, 2.45) is 11.8 Å². The molecule has 1 aliphatic rings. The van der Waals surface area contributed by atoms with Crippen molar-refractivity contribution in [1.82, 2.24) is 14.5 Å². The standard InChI is InChI=1S/C12H15N3S/c1-7-3-4-13-11-10(7)14-12(16)15(11)6-9-5-8(9)2/h3-4,8-9H,5-6H2,1-2H3,(H,14,16). The van der Waals surface area contributed by atoms with Crippen LogP contribution in [0.3, 0.4) is 0 Å². The van der Waals surface area contributed by atoms with Crippen LogP contribution in [0.4, 0.5) is 0 Å². The maximum Gasteiger partial charge on any atom is 0.179 e. The lowest BCUT2D eigenvalue weighted by Gasteiger charge is -2.02. The van der Waals surface area contributed by atoms with Crippen LogP contribution in [0.15, 0.2) is 12.3 Å². The number of H-pyrrole nitrogens is 1. The van der Waals surface area contributed by atoms with Crippen molar-refractivity contribution >= 4 is 23.4 Å². The minimum atomic E-state index is 0.785. The number of aromatic nitrogens is 3. The molecule has 1 N–H and O–H groups in total. The van der Waals surface area contributed by atoms with Gasteiger partial charge in [0, 0.05) is 12.7 Å². The average Bonchev–Trinajstić information content (AvgIpc) is 2.84. The van der Waals surface area contributed by atoms with Gasteiger partial charge in [-0.25, -0.2) is 4.98 Å². The van der Waals surface area contributed by atoms with Gasteiger partial charge in [0.15, 0.2) is 10.4 Å². The first-order chi connectivity index (χ1) is 7.66. The summed E-state index contributed by atoms with van der Waals surface area (Å²) in [7, 11) is 0. The van der Waals surface area contributed by atoms with E-state index in [-0.39, 0.29) is 0 Å². The van der Waals surface area contributed by atoms with Crippen molar-refractivity contribution in [2.45, 2.75) is 26.8 Å². The molecule has 2 aromatic rings. The van der Waals surface area contributed by atoms with Gasteiger partial charge in [-0.15, -0.1) is 0 Å². The number of nitrogens with zero attached hydrogens (tertiary/aromatic N) is 2. The summed E-state index contributed by atoms with van der Waals surface area (Å²) in [4.78, 5) is 7.69. The lowest BCUT2D eigenvalue weighted by atomic mass is 10.3. The van der Waals surface area contributed by atoms with E-state index in [1.807, 2.05) is 12.3 Å². The summed E-state index contributed by atoms with van der Waals surface area (Å²) in [6.45, 7) is 5.39. The minimum absolute atomic E-state index is 0.785. The predicted octanol–water partition coefficient (Wildman–Crippen LogP) is 3.06. The molecule has 0 aliphatic heterocycles. The van der Waals surface area contributed by atoms with Crippen LogP contribution in [-0.4, -0.2) is 14.5 Å². The molecule has 0 amide bonds. The molecule has 0 spiro atoms. The Labute approximate surface area is 99.5 Å². The molecule has 1 aliphatic carbocycles. The molecule has 0 aromatic carbocycles. The zero-order valence-corrected chi connectivity index (χ0v) is 10.3. The van der Waals surface area contributed by atoms with Gasteiger partial charge in [-0.05, 0) is 49.0 Å². The molecule has 3 rings (SSSR count). The molecular weight excluding hydrogens is 218 g/mol. The van der Waals surface area contributed by atoms with Crippen LogP contribution in [-0.2, 0) is 6.54 Å². The Hall–Kier alpha value is -1.16. The van der Waals surface area contributed by atoms with Crippen molar-refractivity contribution in [1.29, 1.82) is 0 Å². The Morgan fingerprint density at radius 1 is 1.62 bits per heavy atom. The van der Waals surface area contributed by atoms with Gasteiger partial charge >= 0.3 is 0 Å². The van der Waals surface area contributed by atoms with Gasteiger partial charge in [0.25, 0.3) is 0 Å². The minimum Gasteiger partial charge on any atom is -0.329 e. The molecule has 0 saturated heterocycles. The van der Waals surface area contributed by atoms with Crippen molar-refractivity contribution in [2.75, 3.05) is 0 Å². The molecule has 2 atom stereocenters. The Morgan fingerprint density at radius 2 is 2.38 bits per heavy atom. The van der Waals surface area contributed by atoms with Gasteiger partial charge in [-0.1, -0.05) is 6.92 Å². The van der Waals surface area contributed by atoms with Gasteiger partial charge in [0.05, 0.1) is 5.52 Å². The smallest absolute Gasteiger partial charge is 0.179 e. The van der Waals surface area contributed by atoms with Crippen molar-refractivity contribution in [3.8, 4) is 0 Å². The van der Waals surface area contributed by atoms with Crippen LogP contribution in [0, 0.1) is 23.5 Å². The van der Waals surface area contributed by atoms with Crippen molar-refractivity contribution < 1.29 is 0 Å². The molecule has 3 nitrogen and oxygen atoms in total. The number of nitrogens with one attached hydrogen (secondary N) is 1. The second-order valence-corrected chi connectivity index (χ2v) is 5.23. The number of imidazole rings is 1. The number of aryl methyl sites for hydroxylation is 1. The second kappa shape index (κ2) is 3.42. The lowest BCUT2D eigenvalue weighted by Crippen LogP contribution is -2.01. The van der Waals surface area contributed by atoms with E-state index < -0.39 is 0 Å². The van der Waals surface area contributed by atoms with Crippen LogP contribution >= 0.6 is 12.2 Å². The first-order valence-electron chi connectivity index (χ1n) is 5.71. The quantitative estimate of drug-likeness (QED) is 0.809. The number of hydrogen-bond acceptors (Lipinski definition) is 2. The SMILES string of the molecule is Cc1ccnc2c1[nH]c(=S)n2CC1CC1C. The van der Waals surface area contributed by atoms with Gasteiger partial charge in [0.1, 0.15) is 0 Å². The van der Waals surface area contributed by atoms with E-state index >= 15 is 0 Å². The molecule has 0 bridgehead atoms. The Kier molecular flexibility index (Phi) is 2.14. The fraction of sp³-hybridized carbons (Fsp3) is 0.500. The van der Waals surface area contributed by atoms with Crippen LogP contribution in [0.1, 0.15) is 18.9 Å². The third kappa shape index (κ3) is 1.48. The Morgan fingerprint density at radius 3 is 3.06 bits per heavy atom. The molecule has 1 fully saturated rings. The second-order valence-electron chi connectivity index (χ2n) is 4.84. The van der Waals surface area contributed by atoms with Crippen LogP contribution < -0.4 is 0 Å². The third-order valence-corrected chi connectivity index (χ3v) is 3.89. The van der Waals surface area contributed by atoms with E-state index in [9.17, 15) is 0 Å². The summed E-state index contributed by atoms with van der Waals surface area (Å²) >= 11 is 5.36. The number of rotatable bonds is 2. The van der Waals surface area contributed by atoms with Gasteiger partial charge in [-0.3, -0.25) is 0 Å². The van der Waals surface area contributed by atoms with Crippen molar-refractivity contribution in [3.05, 3.63) is 22.6 Å². The maximum absolute atomic E-state index is 5.36. The van der Waals surface area contributed by atoms with E-state index in [1.54, 1.807) is 0 Å². The fourth-order valence-electron chi connectivity index (χ4n) is 2.23. The summed E-state index contributed by atoms with van der Waals surface area (Å²) in [6, 6.07) is 2.01. The highest BCUT2D eigenvalue weighted by Crippen LogP contribution is 2.39. The largest absolute Gasteiger partial charge is 0.329 e. The first kappa shape index (κ1) is 10.0. The van der Waals surface area contributed by atoms with Crippen molar-refractivity contribution in [3.63, 3.8) is 0 Å². The highest BCUT2D eigenvalue weighted by molar-refractivity contribution is 7.71. The van der Waals surface area contributed by atoms with Crippen LogP contribution in [0.2, 0.25) is 0 Å². The number of hydrogen-bond donors (Lipinski definition) is 1. The van der Waals surface area contributed by atoms with Gasteiger partial charge in [0.2, 0.25) is 0 Å². The molecule has 2 unspecified atom stereocenters. The molecule has 84 valence electrons. The van der Waals surface area contributed by atoms with E-state index in [1.165, 1.54) is 12.0 Å². The average molecular weight is 233 g/mol. The molecule has 0 radical (unpaired) electrons. The van der Waals surface area contributed by atoms with E-state index in [0.29, 0.717) is 0 Å². The normalized spacial score (nSPS) is 23.9. The van der Waals surface area contributed by atoms with E-state index in [0.717, 1.165) is 34.3 Å². The zero-order chi connectivity index (χ0) is 11.3. The molecule has 16 heavy (non-hydrogen) atoms. The van der Waals surface area contributed by atoms with Crippen LogP contribution in [0.25, 0.3) is 11.2 Å². The highest BCUT2D eigenvalue weighted by Gasteiger charge is 2.33. The first-order valence-corrected chi connectivity index (χ1v) is 6.12. The van der Waals surface area contributed by atoms with Crippen LogP contribution in [0.5, 0.6) is 0 Å². The Bertz CT molecular complexity index is 596. The highest BCUT2D eigenvalue weighted by atomic mass is 32.1. The van der Waals surface area contributed by atoms with E-state index in [4.69, 9.17) is 12.2 Å². The van der Waals surface area contributed by atoms with Gasteiger partial charge < -0.3 is 9.55 Å². The fourth-order valence-corrected chi connectivity index (χ4v) is 2.49. The maximum atomic E-state index is 5.36. The topological polar surface area (TPSA) is 33.6 Å². The van der Waals surface area contributed by atoms with Gasteiger partial charge in [-0.2, -0.15) is 0 Å². The summed E-state index contributed by atoms with van der Waals surface area (Å²) in [6.07, 6.45) is 3.17. The molecule has 2 heterocycles. The monoisotopic (exact) mass is 233 g/mol. The summed E-state index contributed by atoms with van der Waals surface area (Å²) in [5, 5.41) is 0. The Balaban J connectivity index is 2.12. The molecule has 4 heteroatoms. The third-order valence-electron chi connectivity index (χ3n) is 3.57. The summed E-state index contributed by atoms with van der Waals surface area (Å²) in [5.41, 5.74) is 3.29.